The van der Waals surface area contributed by atoms with Crippen LogP contribution < -0.4 is 11.0 Å². The molecule has 1 aromatic carbocycles. The van der Waals surface area contributed by atoms with Crippen LogP contribution in [0.2, 0.25) is 0 Å². The Balaban J connectivity index is 2.08. The van der Waals surface area contributed by atoms with E-state index in [2.05, 4.69) is 9.97 Å². The largest absolute Gasteiger partial charge is 0.488 e. The molecule has 0 unspecified atom stereocenters. The van der Waals surface area contributed by atoms with Gasteiger partial charge in [0.05, 0.1) is 5.52 Å². The number of aromatic nitrogens is 3. The van der Waals surface area contributed by atoms with Crippen molar-refractivity contribution in [2.24, 2.45) is 0 Å². The van der Waals surface area contributed by atoms with Crippen LogP contribution in [0.3, 0.4) is 0 Å². The van der Waals surface area contributed by atoms with E-state index >= 15 is 0 Å². The smallest absolute Gasteiger partial charge is 0.423 e. The van der Waals surface area contributed by atoms with Crippen molar-refractivity contribution in [3.05, 3.63) is 58.3 Å². The Kier molecular flexibility index (Phi) is 4.06. The Labute approximate surface area is 133 Å². The second kappa shape index (κ2) is 6.02. The van der Waals surface area contributed by atoms with Crippen LogP contribution in [0, 0.1) is 0 Å². The monoisotopic (exact) mass is 311 g/mol. The molecular formula is C16H18BN3O3. The molecule has 3 N–H and O–H groups in total. The molecule has 2 aromatic heterocycles. The van der Waals surface area contributed by atoms with Gasteiger partial charge in [0.25, 0.3) is 5.56 Å². The Hall–Kier alpha value is -2.38. The number of hydrogen-bond donors (Lipinski definition) is 3. The first-order valence-corrected chi connectivity index (χ1v) is 7.50. The first-order valence-electron chi connectivity index (χ1n) is 7.50. The molecule has 0 spiro atoms. The highest BCUT2D eigenvalue weighted by Crippen LogP contribution is 2.20. The summed E-state index contributed by atoms with van der Waals surface area (Å²) in [7, 11) is -1.48. The summed E-state index contributed by atoms with van der Waals surface area (Å²) in [5.41, 5.74) is 2.47. The summed E-state index contributed by atoms with van der Waals surface area (Å²) in [6.07, 6.45) is 1.60. The predicted molar refractivity (Wildman–Crippen MR) is 89.8 cm³/mol. The van der Waals surface area contributed by atoms with Crippen molar-refractivity contribution in [2.75, 3.05) is 0 Å². The molecule has 0 aliphatic rings. The Morgan fingerprint density at radius 3 is 2.52 bits per heavy atom. The van der Waals surface area contributed by atoms with Gasteiger partial charge >= 0.3 is 7.12 Å². The average molecular weight is 311 g/mol. The Morgan fingerprint density at radius 1 is 1.22 bits per heavy atom. The molecule has 2 heterocycles. The number of hydrogen-bond acceptors (Lipinski definition) is 4. The number of H-pyrrole nitrogens is 1. The Bertz CT molecular complexity index is 882. The molecule has 0 aliphatic heterocycles. The summed E-state index contributed by atoms with van der Waals surface area (Å²) < 4.78 is 1.92. The fourth-order valence-corrected chi connectivity index (χ4v) is 2.69. The molecule has 0 fully saturated rings. The summed E-state index contributed by atoms with van der Waals surface area (Å²) in [6.45, 7) is 4.58. The molecule has 0 radical (unpaired) electrons. The third-order valence-corrected chi connectivity index (χ3v) is 3.83. The lowest BCUT2D eigenvalue weighted by molar-refractivity contribution is 0.426. The molecule has 7 heteroatoms. The zero-order valence-electron chi connectivity index (χ0n) is 13.0. The first-order chi connectivity index (χ1) is 11.0. The van der Waals surface area contributed by atoms with Gasteiger partial charge in [-0.1, -0.05) is 38.1 Å². The molecular weight excluding hydrogens is 293 g/mol. The highest BCUT2D eigenvalue weighted by Gasteiger charge is 2.16. The fourth-order valence-electron chi connectivity index (χ4n) is 2.69. The van der Waals surface area contributed by atoms with E-state index in [-0.39, 0.29) is 11.5 Å². The van der Waals surface area contributed by atoms with Gasteiger partial charge in [-0.3, -0.25) is 4.79 Å². The molecule has 3 aromatic rings. The number of nitrogens with zero attached hydrogens (tertiary/aromatic N) is 2. The molecule has 6 nitrogen and oxygen atoms in total. The number of rotatable bonds is 4. The SMILES string of the molecule is CC(C)c1nc2cc[nH]c(=O)c2n1Cc1ccc(B(O)O)cc1. The zero-order chi connectivity index (χ0) is 16.6. The normalized spacial score (nSPS) is 11.3. The molecule has 0 aliphatic carbocycles. The molecule has 23 heavy (non-hydrogen) atoms. The number of benzene rings is 1. The van der Waals surface area contributed by atoms with Gasteiger partial charge in [-0.05, 0) is 17.1 Å². The van der Waals surface area contributed by atoms with E-state index < -0.39 is 7.12 Å². The first kappa shape index (κ1) is 15.5. The highest BCUT2D eigenvalue weighted by atomic mass is 16.4. The van der Waals surface area contributed by atoms with Gasteiger partial charge in [-0.15, -0.1) is 0 Å². The number of nitrogens with one attached hydrogen (secondary N) is 1. The van der Waals surface area contributed by atoms with Gasteiger partial charge in [0.1, 0.15) is 11.3 Å². The van der Waals surface area contributed by atoms with Crippen molar-refractivity contribution >= 4 is 23.6 Å². The van der Waals surface area contributed by atoms with E-state index in [9.17, 15) is 4.79 Å². The van der Waals surface area contributed by atoms with E-state index in [1.807, 2.05) is 30.5 Å². The average Bonchev–Trinajstić information content (AvgIpc) is 2.88. The number of imidazole rings is 1. The van der Waals surface area contributed by atoms with E-state index in [1.165, 1.54) is 0 Å². The van der Waals surface area contributed by atoms with E-state index in [0.717, 1.165) is 11.4 Å². The van der Waals surface area contributed by atoms with Crippen molar-refractivity contribution in [3.63, 3.8) is 0 Å². The predicted octanol–water partition coefficient (Wildman–Crippen LogP) is 0.576. The maximum atomic E-state index is 12.2. The lowest BCUT2D eigenvalue weighted by atomic mass is 9.80. The van der Waals surface area contributed by atoms with E-state index in [1.54, 1.807) is 24.4 Å². The van der Waals surface area contributed by atoms with E-state index in [0.29, 0.717) is 23.0 Å². The lowest BCUT2D eigenvalue weighted by Crippen LogP contribution is -2.29. The van der Waals surface area contributed by atoms with Crippen LogP contribution >= 0.6 is 0 Å². The topological polar surface area (TPSA) is 91.1 Å². The summed E-state index contributed by atoms with van der Waals surface area (Å²) in [5, 5.41) is 18.3. The molecule has 118 valence electrons. The van der Waals surface area contributed by atoms with Crippen LogP contribution in [0.4, 0.5) is 0 Å². The summed E-state index contributed by atoms with van der Waals surface area (Å²) in [5.74, 6) is 1.03. The molecule has 0 saturated heterocycles. The fraction of sp³-hybridized carbons (Fsp3) is 0.250. The van der Waals surface area contributed by atoms with Crippen molar-refractivity contribution in [2.45, 2.75) is 26.3 Å². The minimum atomic E-state index is -1.48. The summed E-state index contributed by atoms with van der Waals surface area (Å²) in [6, 6.07) is 8.77. The van der Waals surface area contributed by atoms with Crippen LogP contribution in [0.5, 0.6) is 0 Å². The minimum Gasteiger partial charge on any atom is -0.423 e. The number of pyridine rings is 1. The van der Waals surface area contributed by atoms with Crippen molar-refractivity contribution in [1.29, 1.82) is 0 Å². The molecule has 0 atom stereocenters. The molecule has 3 rings (SSSR count). The standard InChI is InChI=1S/C16H18BN3O3/c1-10(2)15-19-13-7-8-18-16(21)14(13)20(15)9-11-3-5-12(6-4-11)17(22)23/h3-8,10,22-23H,9H2,1-2H3,(H,18,21). The second-order valence-corrected chi connectivity index (χ2v) is 5.87. The molecule has 0 amide bonds. The number of aromatic amines is 1. The second-order valence-electron chi connectivity index (χ2n) is 5.87. The van der Waals surface area contributed by atoms with E-state index in [4.69, 9.17) is 10.0 Å². The highest BCUT2D eigenvalue weighted by molar-refractivity contribution is 6.58. The quantitative estimate of drug-likeness (QED) is 0.615. The van der Waals surface area contributed by atoms with Gasteiger partial charge in [0.15, 0.2) is 0 Å². The molecule has 0 bridgehead atoms. The minimum absolute atomic E-state index is 0.163. The van der Waals surface area contributed by atoms with Gasteiger partial charge in [0, 0.05) is 18.7 Å². The van der Waals surface area contributed by atoms with Crippen molar-refractivity contribution < 1.29 is 10.0 Å². The van der Waals surface area contributed by atoms with Crippen LogP contribution in [0.15, 0.2) is 41.3 Å². The van der Waals surface area contributed by atoms with Gasteiger partial charge in [-0.2, -0.15) is 0 Å². The maximum absolute atomic E-state index is 12.2. The van der Waals surface area contributed by atoms with Crippen molar-refractivity contribution in [1.82, 2.24) is 14.5 Å². The third kappa shape index (κ3) is 2.93. The van der Waals surface area contributed by atoms with Crippen LogP contribution in [0.1, 0.15) is 31.2 Å². The van der Waals surface area contributed by atoms with Crippen LogP contribution in [0.25, 0.3) is 11.0 Å². The third-order valence-electron chi connectivity index (χ3n) is 3.83. The summed E-state index contributed by atoms with van der Waals surface area (Å²) in [4.78, 5) is 19.5. The van der Waals surface area contributed by atoms with Gasteiger partial charge in [-0.25, -0.2) is 4.98 Å². The van der Waals surface area contributed by atoms with Crippen molar-refractivity contribution in [3.8, 4) is 0 Å². The number of fused-ring (bicyclic) bond motifs is 1. The summed E-state index contributed by atoms with van der Waals surface area (Å²) >= 11 is 0. The molecule has 0 saturated carbocycles. The maximum Gasteiger partial charge on any atom is 0.488 e. The van der Waals surface area contributed by atoms with Gasteiger partial charge < -0.3 is 19.6 Å². The van der Waals surface area contributed by atoms with Crippen LogP contribution in [-0.2, 0) is 6.54 Å². The lowest BCUT2D eigenvalue weighted by Gasteiger charge is -2.11. The van der Waals surface area contributed by atoms with Gasteiger partial charge in [0.2, 0.25) is 0 Å². The zero-order valence-corrected chi connectivity index (χ0v) is 13.0. The van der Waals surface area contributed by atoms with Crippen LogP contribution in [-0.4, -0.2) is 31.7 Å². The Morgan fingerprint density at radius 2 is 1.91 bits per heavy atom.